The van der Waals surface area contributed by atoms with Gasteiger partial charge in [-0.3, -0.25) is 38.3 Å². The van der Waals surface area contributed by atoms with Crippen molar-refractivity contribution in [2.75, 3.05) is 43.7 Å². The highest BCUT2D eigenvalue weighted by Gasteiger charge is 2.41. The summed E-state index contributed by atoms with van der Waals surface area (Å²) in [6.07, 6.45) is 14.2. The minimum atomic E-state index is -1.30. The lowest BCUT2D eigenvalue weighted by Gasteiger charge is -2.21. The van der Waals surface area contributed by atoms with E-state index in [0.717, 1.165) is 71.4 Å². The van der Waals surface area contributed by atoms with Crippen molar-refractivity contribution in [3.05, 3.63) is 178 Å². The Labute approximate surface area is 529 Å². The summed E-state index contributed by atoms with van der Waals surface area (Å²) in [5.74, 6) is 1.42. The third kappa shape index (κ3) is 19.9. The molecule has 2 aliphatic heterocycles. The predicted octanol–water partition coefficient (Wildman–Crippen LogP) is 11.1. The van der Waals surface area contributed by atoms with Gasteiger partial charge in [-0.2, -0.15) is 0 Å². The zero-order valence-electron chi connectivity index (χ0n) is 64.3. The van der Waals surface area contributed by atoms with E-state index in [2.05, 4.69) is 53.5 Å². The molecule has 3 aromatic carbocycles. The number of benzene rings is 3. The van der Waals surface area contributed by atoms with Crippen molar-refractivity contribution >= 4 is 23.2 Å². The zero-order chi connectivity index (χ0) is 76.3. The normalized spacial score (nSPS) is 18.2. The number of aryl methyl sites for hydroxylation is 3. The van der Waals surface area contributed by atoms with Crippen LogP contribution < -0.4 is 47.3 Å². The first-order valence-corrected chi connectivity index (χ1v) is 29.9. The lowest BCUT2D eigenvalue weighted by Crippen LogP contribution is -2.36. The number of hydrogen-bond donors (Lipinski definition) is 6. The number of ether oxygens (including phenoxy) is 6. The van der Waals surface area contributed by atoms with Gasteiger partial charge in [-0.1, -0.05) is 92.0 Å². The second-order valence-electron chi connectivity index (χ2n) is 20.8. The average Bonchev–Trinajstić information content (AvgIpc) is 1.80. The number of allylic oxidation sites excluding steroid dienone is 3. The number of terminal acetylenes is 1. The van der Waals surface area contributed by atoms with Crippen molar-refractivity contribution in [2.45, 2.75) is 164 Å². The molecule has 20 heteroatoms. The van der Waals surface area contributed by atoms with Crippen LogP contribution in [-0.4, -0.2) is 92.5 Å². The number of aliphatic hydroxyl groups is 2. The Hall–Kier alpha value is -8.22. The first-order valence-electron chi connectivity index (χ1n) is 35.9. The van der Waals surface area contributed by atoms with E-state index in [9.17, 15) is 39.0 Å². The van der Waals surface area contributed by atoms with E-state index in [-0.39, 0.29) is 37.3 Å². The molecule has 2 aliphatic rings. The number of para-hydroxylation sites is 1. The first-order chi connectivity index (χ1) is 47.9. The number of H-pyrrole nitrogens is 2. The summed E-state index contributed by atoms with van der Waals surface area (Å²) in [7, 11) is 0. The fourth-order valence-corrected chi connectivity index (χ4v) is 9.77. The van der Waals surface area contributed by atoms with E-state index in [1.165, 1.54) is 21.5 Å². The number of carbonyl (C=O) groups is 2. The lowest BCUT2D eigenvalue weighted by atomic mass is 9.94. The van der Waals surface area contributed by atoms with Gasteiger partial charge in [-0.15, -0.1) is 12.8 Å². The number of aromatic nitrogens is 4. The van der Waals surface area contributed by atoms with Crippen LogP contribution in [0.3, 0.4) is 0 Å². The fourth-order valence-electron chi connectivity index (χ4n) is 9.77. The number of carbonyl (C=O) groups excluding carboxylic acids is 2. The SMILES string of the molecule is C#C.C=C/C=C(/C)C(=C)OCCC.CC.CCCOc1ccc(NC(=O)C[C@H]2C[C@H](n3cc(C)c(=O)[nH]c3=O)O[C@@H]2CO)cc1Cc1cccc(Cc2cc(NC(=O)[C@H]3O[C@@H](n4cc(C)c(=O)[nH]c4=O)C[C@@H]3O)cc(CC)c2OCCC)c1OCCC.[3H][3H].[3H][3H].[3H][3H].[3H][3H].[3H][3H].[3H][3H]. The largest absolute Gasteiger partial charge is 0.494 e. The number of amides is 2. The van der Waals surface area contributed by atoms with Crippen LogP contribution in [0.15, 0.2) is 117 Å². The maximum absolute atomic E-state index is 13.8. The van der Waals surface area contributed by atoms with E-state index in [4.69, 9.17) is 46.2 Å². The van der Waals surface area contributed by atoms with E-state index in [1.807, 2.05) is 97.0 Å². The molecule has 0 saturated carbocycles. The molecule has 0 radical (unpaired) electrons. The molecule has 5 aromatic rings. The maximum atomic E-state index is 13.8. The molecule has 484 valence electrons. The predicted molar refractivity (Wildman–Crippen MR) is 353 cm³/mol. The van der Waals surface area contributed by atoms with Crippen molar-refractivity contribution in [1.29, 1.82) is 0 Å². The Balaban J connectivity index is -0.00000296. The molecule has 2 saturated heterocycles. The number of aliphatic hydroxyl groups excluding tert-OH is 2. The van der Waals surface area contributed by atoms with E-state index in [0.29, 0.717) is 73.3 Å². The average molecular weight is 1240 g/mol. The number of rotatable bonds is 27. The molecule has 20 nitrogen and oxygen atoms in total. The molecule has 2 aromatic heterocycles. The molecule has 4 heterocycles. The smallest absolute Gasteiger partial charge is 0.330 e. The lowest BCUT2D eigenvalue weighted by molar-refractivity contribution is -0.132. The molecule has 7 rings (SSSR count). The van der Waals surface area contributed by atoms with Crippen LogP contribution in [0.5, 0.6) is 17.2 Å². The van der Waals surface area contributed by atoms with Gasteiger partial charge in [0, 0.05) is 95.4 Å². The van der Waals surface area contributed by atoms with Crippen LogP contribution in [0.1, 0.15) is 170 Å². The van der Waals surface area contributed by atoms with Gasteiger partial charge in [0.1, 0.15) is 35.5 Å². The van der Waals surface area contributed by atoms with Crippen molar-refractivity contribution in [3.8, 4) is 30.1 Å². The second kappa shape index (κ2) is 36.0. The number of nitrogens with zero attached hydrogens (tertiary/aromatic N) is 2. The van der Waals surface area contributed by atoms with Gasteiger partial charge in [-0.25, -0.2) is 9.59 Å². The van der Waals surface area contributed by atoms with Crippen molar-refractivity contribution in [3.63, 3.8) is 0 Å². The van der Waals surface area contributed by atoms with Crippen LogP contribution in [0.25, 0.3) is 0 Å². The van der Waals surface area contributed by atoms with Crippen LogP contribution in [0, 0.1) is 32.6 Å². The highest BCUT2D eigenvalue weighted by Crippen LogP contribution is 2.39. The molecule has 0 spiro atoms. The number of hydrogen-bond acceptors (Lipinski definition) is 14. The minimum absolute atomic E-state index is 0.00504. The van der Waals surface area contributed by atoms with Gasteiger partial charge in [0.05, 0.1) is 45.2 Å². The van der Waals surface area contributed by atoms with Crippen molar-refractivity contribution in [1.82, 2.24) is 19.1 Å². The Morgan fingerprint density at radius 1 is 0.747 bits per heavy atom. The highest BCUT2D eigenvalue weighted by atomic mass is 16.5. The maximum Gasteiger partial charge on any atom is 0.330 e. The molecule has 87 heavy (non-hydrogen) atoms. The molecule has 0 unspecified atom stereocenters. The van der Waals surface area contributed by atoms with Gasteiger partial charge < -0.3 is 49.3 Å². The second-order valence-corrected chi connectivity index (χ2v) is 20.8. The minimum Gasteiger partial charge on any atom is -0.494 e. The molecule has 2 fully saturated rings. The van der Waals surface area contributed by atoms with Crippen molar-refractivity contribution < 1.29 is 66.0 Å². The van der Waals surface area contributed by atoms with Crippen LogP contribution >= 0.6 is 0 Å². The standard InChI is InChI=1S/C53H66N6O13.C10H16O.C2H6.C2H2.6H2/c1-7-16-68-41-15-14-38(54-43(62)24-36-25-44(71-42(36)29-60)58-27-30(5)49(63)56-52(58)66)22-35(41)19-33-12-11-13-34(47(33)70-18-9-3)20-37-23-39(21-32(10-4)46(37)69-17-8-2)55-51(65)48-40(61)26-45(72-48)59-28-31(6)50(64)57-53(59)67;1-5-7-9(3)10(4)11-8-6-2;2*1-2;;;;;;/h11-15,21-23,27-28,36,40,42,44-45,48,60-61H,7-10,16-20,24-26,29H2,1-6H3,(H,54,62)(H,55,65)(H,56,63,66)(H,57,64,67);5,7H,1,4,6,8H2,2-3H3;1-2H3;1-2H;6*1H/b;9-7-;;;;;;;;/t36-,40-,42+,44+,45+,48-;;;;;;;;;/m0........./s1/i;;;;6*1+2T. The molecule has 2 amide bonds. The molecule has 0 bridgehead atoms. The van der Waals surface area contributed by atoms with Gasteiger partial charge in [0.15, 0.2) is 6.10 Å². The Kier molecular flexibility index (Phi) is 25.6. The van der Waals surface area contributed by atoms with Gasteiger partial charge >= 0.3 is 11.4 Å². The third-order valence-electron chi connectivity index (χ3n) is 14.1. The Morgan fingerprint density at radius 2 is 1.28 bits per heavy atom. The topological polar surface area (TPSA) is 264 Å². The van der Waals surface area contributed by atoms with E-state index >= 15 is 0 Å². The van der Waals surface area contributed by atoms with Crippen LogP contribution in [0.4, 0.5) is 11.4 Å². The number of anilines is 2. The summed E-state index contributed by atoms with van der Waals surface area (Å²) in [5, 5.41) is 27.1. The molecular formula is C67H102N6O14. The zero-order valence-corrected chi connectivity index (χ0v) is 52.3. The van der Waals surface area contributed by atoms with Gasteiger partial charge in [-0.05, 0) is 112 Å². The molecule has 6 atom stereocenters. The summed E-state index contributed by atoms with van der Waals surface area (Å²) < 4.78 is 98.9. The monoisotopic (exact) mass is 1240 g/mol. The number of nitrogens with one attached hydrogen (secondary N) is 4. The molecule has 0 aliphatic carbocycles. The summed E-state index contributed by atoms with van der Waals surface area (Å²) >= 11 is 0. The molecule has 6 N–H and O–H groups in total. The van der Waals surface area contributed by atoms with Crippen LogP contribution in [0.2, 0.25) is 0 Å². The van der Waals surface area contributed by atoms with Crippen LogP contribution in [-0.2, 0) is 43.1 Å². The summed E-state index contributed by atoms with van der Waals surface area (Å²) in [5.41, 5.74) is 4.45. The quantitative estimate of drug-likeness (QED) is 0.0162. The van der Waals surface area contributed by atoms with Gasteiger partial charge in [0.25, 0.3) is 17.0 Å². The van der Waals surface area contributed by atoms with Crippen molar-refractivity contribution in [2.24, 2.45) is 5.92 Å². The fraction of sp³-hybridized carbons (Fsp3) is 0.463. The Morgan fingerprint density at radius 3 is 1.83 bits per heavy atom. The van der Waals surface area contributed by atoms with E-state index in [1.54, 1.807) is 26.0 Å². The summed E-state index contributed by atoms with van der Waals surface area (Å²) in [4.78, 5) is 81.3. The molecular weight excluding hydrogens is 1110 g/mol. The van der Waals surface area contributed by atoms with E-state index < -0.39 is 65.1 Å². The van der Waals surface area contributed by atoms with Gasteiger partial charge in [0.2, 0.25) is 5.91 Å². The summed E-state index contributed by atoms with van der Waals surface area (Å²) in [6, 6.07) is 15.1. The highest BCUT2D eigenvalue weighted by molar-refractivity contribution is 5.95. The Bertz CT molecular complexity index is 3440. The third-order valence-corrected chi connectivity index (χ3v) is 14.1. The summed E-state index contributed by atoms with van der Waals surface area (Å²) in [6.45, 7) is 28.3. The number of aromatic amines is 2. The first kappa shape index (κ1) is 61.9.